The van der Waals surface area contributed by atoms with Crippen molar-refractivity contribution in [3.05, 3.63) is 54.1 Å². The molecule has 162 valence electrons. The second-order valence-electron chi connectivity index (χ2n) is 7.97. The van der Waals surface area contributed by atoms with Crippen LogP contribution in [0.25, 0.3) is 10.8 Å². The zero-order chi connectivity index (χ0) is 22.0. The Balaban J connectivity index is 1.71. The van der Waals surface area contributed by atoms with Crippen LogP contribution in [0.2, 0.25) is 0 Å². The van der Waals surface area contributed by atoms with Crippen molar-refractivity contribution in [3.8, 4) is 0 Å². The molecule has 0 saturated heterocycles. The molecule has 2 unspecified atom stereocenters. The second kappa shape index (κ2) is 8.85. The highest BCUT2D eigenvalue weighted by molar-refractivity contribution is 5.99. The minimum Gasteiger partial charge on any atom is -0.365 e. The summed E-state index contributed by atoms with van der Waals surface area (Å²) in [6, 6.07) is 9.17. The number of anilines is 3. The molecular formula is C23H27FN6O. The van der Waals surface area contributed by atoms with Gasteiger partial charge in [-0.05, 0) is 49.5 Å². The van der Waals surface area contributed by atoms with E-state index in [9.17, 15) is 4.79 Å². The average molecular weight is 423 g/mol. The zero-order valence-corrected chi connectivity index (χ0v) is 17.7. The van der Waals surface area contributed by atoms with E-state index < -0.39 is 11.7 Å². The molecule has 31 heavy (non-hydrogen) atoms. The van der Waals surface area contributed by atoms with Crippen molar-refractivity contribution in [1.82, 2.24) is 15.3 Å². The van der Waals surface area contributed by atoms with E-state index >= 15 is 4.39 Å². The van der Waals surface area contributed by atoms with Gasteiger partial charge in [0.1, 0.15) is 5.82 Å². The first-order valence-corrected chi connectivity index (χ1v) is 10.5. The Hall–Kier alpha value is -3.26. The summed E-state index contributed by atoms with van der Waals surface area (Å²) in [7, 11) is 3.78. The highest BCUT2D eigenvalue weighted by atomic mass is 19.1. The molecule has 1 aliphatic rings. The quantitative estimate of drug-likeness (QED) is 0.562. The van der Waals surface area contributed by atoms with E-state index in [1.807, 2.05) is 43.3 Å². The number of rotatable bonds is 6. The normalized spacial score (nSPS) is 18.7. The molecule has 1 fully saturated rings. The molecule has 7 nitrogen and oxygen atoms in total. The van der Waals surface area contributed by atoms with Gasteiger partial charge in [0.05, 0.1) is 5.56 Å². The number of nitrogens with one attached hydrogen (secondary N) is 2. The Morgan fingerprint density at radius 3 is 2.77 bits per heavy atom. The molecule has 0 spiro atoms. The number of hydrogen-bond acceptors (Lipinski definition) is 6. The number of aromatic nitrogens is 2. The molecule has 2 heterocycles. The molecule has 0 bridgehead atoms. The lowest BCUT2D eigenvalue weighted by Crippen LogP contribution is -2.50. The predicted octanol–water partition coefficient (Wildman–Crippen LogP) is 3.58. The topological polar surface area (TPSA) is 96.2 Å². The van der Waals surface area contributed by atoms with E-state index in [1.165, 1.54) is 6.07 Å². The standard InChI is InChI=1S/C23H27FN6O/c1-26-19-5-3-4-6-20(19)30(2)23-18(24)12-17(21(25)31)22(29-23)28-16-8-7-14-9-10-27-13-15(14)11-16/h7-13,19-20,26H,3-6H2,1-2H3,(H2,25,31)(H,28,29). The van der Waals surface area contributed by atoms with Crippen molar-refractivity contribution in [2.24, 2.45) is 5.73 Å². The van der Waals surface area contributed by atoms with Crippen LogP contribution in [-0.2, 0) is 0 Å². The van der Waals surface area contributed by atoms with E-state index in [0.29, 0.717) is 5.69 Å². The summed E-state index contributed by atoms with van der Waals surface area (Å²) in [4.78, 5) is 22.5. The third-order valence-electron chi connectivity index (χ3n) is 6.06. The van der Waals surface area contributed by atoms with Crippen molar-refractivity contribution < 1.29 is 9.18 Å². The number of amides is 1. The molecule has 3 aromatic rings. The molecule has 0 aliphatic heterocycles. The number of benzene rings is 1. The van der Waals surface area contributed by atoms with Crippen molar-refractivity contribution >= 4 is 34.0 Å². The minimum atomic E-state index is -0.740. The number of hydrogen-bond donors (Lipinski definition) is 3. The van der Waals surface area contributed by atoms with Gasteiger partial charge in [0, 0.05) is 42.6 Å². The number of halogens is 1. The molecule has 1 aliphatic carbocycles. The Morgan fingerprint density at radius 1 is 1.19 bits per heavy atom. The fourth-order valence-corrected chi connectivity index (χ4v) is 4.38. The largest absolute Gasteiger partial charge is 0.365 e. The number of nitrogens with two attached hydrogens (primary N) is 1. The second-order valence-corrected chi connectivity index (χ2v) is 7.97. The Labute approximate surface area is 180 Å². The average Bonchev–Trinajstić information content (AvgIpc) is 2.79. The molecule has 8 heteroatoms. The van der Waals surface area contributed by atoms with E-state index in [4.69, 9.17) is 5.73 Å². The summed E-state index contributed by atoms with van der Waals surface area (Å²) in [5.74, 6) is -0.876. The van der Waals surface area contributed by atoms with Crippen molar-refractivity contribution in [2.75, 3.05) is 24.3 Å². The van der Waals surface area contributed by atoms with Crippen LogP contribution in [0.4, 0.5) is 21.7 Å². The molecule has 4 N–H and O–H groups in total. The van der Waals surface area contributed by atoms with Gasteiger partial charge in [-0.2, -0.15) is 0 Å². The highest BCUT2D eigenvalue weighted by Crippen LogP contribution is 2.31. The molecule has 1 aromatic carbocycles. The summed E-state index contributed by atoms with van der Waals surface area (Å²) in [6.45, 7) is 0. The van der Waals surface area contributed by atoms with E-state index in [1.54, 1.807) is 12.4 Å². The van der Waals surface area contributed by atoms with Crippen LogP contribution in [0.3, 0.4) is 0 Å². The van der Waals surface area contributed by atoms with E-state index in [2.05, 4.69) is 20.6 Å². The first-order valence-electron chi connectivity index (χ1n) is 10.5. The van der Waals surface area contributed by atoms with E-state index in [-0.39, 0.29) is 29.3 Å². The summed E-state index contributed by atoms with van der Waals surface area (Å²) in [5, 5.41) is 8.46. The molecule has 2 atom stereocenters. The number of fused-ring (bicyclic) bond motifs is 1. The summed E-state index contributed by atoms with van der Waals surface area (Å²) in [6.07, 6.45) is 7.70. The number of pyridine rings is 2. The van der Waals surface area contributed by atoms with Gasteiger partial charge in [-0.3, -0.25) is 9.78 Å². The Kier molecular flexibility index (Phi) is 5.99. The summed E-state index contributed by atoms with van der Waals surface area (Å²) < 4.78 is 15.0. The third kappa shape index (κ3) is 4.29. The highest BCUT2D eigenvalue weighted by Gasteiger charge is 2.30. The van der Waals surface area contributed by atoms with Crippen molar-refractivity contribution in [1.29, 1.82) is 0 Å². The first kappa shape index (κ1) is 21.0. The van der Waals surface area contributed by atoms with Gasteiger partial charge >= 0.3 is 0 Å². The van der Waals surface area contributed by atoms with Crippen LogP contribution in [-0.4, -0.2) is 42.1 Å². The molecule has 1 saturated carbocycles. The number of primary amides is 1. The number of nitrogens with zero attached hydrogens (tertiary/aromatic N) is 3. The smallest absolute Gasteiger partial charge is 0.252 e. The van der Waals surface area contributed by atoms with Gasteiger partial charge < -0.3 is 21.3 Å². The Morgan fingerprint density at radius 2 is 2.00 bits per heavy atom. The lowest BCUT2D eigenvalue weighted by atomic mass is 9.89. The van der Waals surface area contributed by atoms with Crippen LogP contribution in [0.1, 0.15) is 36.0 Å². The number of carbonyl (C=O) groups is 1. The van der Waals surface area contributed by atoms with Crippen LogP contribution < -0.4 is 21.3 Å². The molecule has 0 radical (unpaired) electrons. The summed E-state index contributed by atoms with van der Waals surface area (Å²) >= 11 is 0. The SMILES string of the molecule is CNC1CCCCC1N(C)c1nc(Nc2ccc3ccncc3c2)c(C(N)=O)cc1F. The minimum absolute atomic E-state index is 0.00902. The zero-order valence-electron chi connectivity index (χ0n) is 17.7. The lowest BCUT2D eigenvalue weighted by Gasteiger charge is -2.38. The maximum atomic E-state index is 15.0. The van der Waals surface area contributed by atoms with Crippen LogP contribution in [0, 0.1) is 5.82 Å². The lowest BCUT2D eigenvalue weighted by molar-refractivity contribution is 0.100. The molecule has 4 rings (SSSR count). The maximum absolute atomic E-state index is 15.0. The van der Waals surface area contributed by atoms with E-state index in [0.717, 1.165) is 36.5 Å². The van der Waals surface area contributed by atoms with Crippen LogP contribution in [0.15, 0.2) is 42.7 Å². The monoisotopic (exact) mass is 422 g/mol. The van der Waals surface area contributed by atoms with Gasteiger partial charge in [0.2, 0.25) is 0 Å². The van der Waals surface area contributed by atoms with Gasteiger partial charge in [0.25, 0.3) is 5.91 Å². The maximum Gasteiger partial charge on any atom is 0.252 e. The van der Waals surface area contributed by atoms with Crippen molar-refractivity contribution in [2.45, 2.75) is 37.8 Å². The van der Waals surface area contributed by atoms with Crippen LogP contribution in [0.5, 0.6) is 0 Å². The van der Waals surface area contributed by atoms with Gasteiger partial charge in [0.15, 0.2) is 11.6 Å². The van der Waals surface area contributed by atoms with Gasteiger partial charge in [-0.1, -0.05) is 18.9 Å². The molecule has 1 amide bonds. The Bertz CT molecular complexity index is 1100. The van der Waals surface area contributed by atoms with Gasteiger partial charge in [-0.25, -0.2) is 9.37 Å². The number of carbonyl (C=O) groups excluding carboxylic acids is 1. The number of likely N-dealkylation sites (N-methyl/N-ethyl adjacent to an activating group) is 2. The fourth-order valence-electron chi connectivity index (χ4n) is 4.38. The third-order valence-corrected chi connectivity index (χ3v) is 6.06. The fraction of sp³-hybridized carbons (Fsp3) is 0.348. The first-order chi connectivity index (χ1) is 15.0. The molecular weight excluding hydrogens is 395 g/mol. The molecule has 2 aromatic heterocycles. The van der Waals surface area contributed by atoms with Crippen LogP contribution >= 0.6 is 0 Å². The van der Waals surface area contributed by atoms with Gasteiger partial charge in [-0.15, -0.1) is 0 Å². The van der Waals surface area contributed by atoms with Crippen molar-refractivity contribution in [3.63, 3.8) is 0 Å². The summed E-state index contributed by atoms with van der Waals surface area (Å²) in [5.41, 5.74) is 6.24. The predicted molar refractivity (Wildman–Crippen MR) is 121 cm³/mol.